The van der Waals surface area contributed by atoms with Gasteiger partial charge in [-0.05, 0) is 68.1 Å². The Morgan fingerprint density at radius 2 is 1.88 bits per heavy atom. The zero-order valence-corrected chi connectivity index (χ0v) is 18.8. The lowest BCUT2D eigenvalue weighted by atomic mass is 9.96. The number of rotatable bonds is 4. The first-order chi connectivity index (χ1) is 15.5. The number of piperidine rings is 1. The molecule has 1 fully saturated rings. The van der Waals surface area contributed by atoms with Gasteiger partial charge in [0.15, 0.2) is 0 Å². The molecule has 164 valence electrons. The second kappa shape index (κ2) is 8.35. The SMILES string of the molecule is Cc1ccc(C)c(NC(=O)C2CCN(c3nn4cc(-c5ccc(F)cc5)nc4s3)CC2)c1. The summed E-state index contributed by atoms with van der Waals surface area (Å²) in [5, 5.41) is 8.70. The molecule has 32 heavy (non-hydrogen) atoms. The van der Waals surface area contributed by atoms with Crippen LogP contribution in [-0.4, -0.2) is 33.6 Å². The second-order valence-corrected chi connectivity index (χ2v) is 9.25. The maximum Gasteiger partial charge on any atom is 0.227 e. The molecule has 0 aliphatic carbocycles. The van der Waals surface area contributed by atoms with E-state index in [1.165, 1.54) is 23.5 Å². The van der Waals surface area contributed by atoms with E-state index in [0.717, 1.165) is 64.1 Å². The number of benzene rings is 2. The van der Waals surface area contributed by atoms with Crippen molar-refractivity contribution in [2.75, 3.05) is 23.3 Å². The number of amides is 1. The van der Waals surface area contributed by atoms with Gasteiger partial charge in [0, 0.05) is 30.3 Å². The Morgan fingerprint density at radius 1 is 1.12 bits per heavy atom. The van der Waals surface area contributed by atoms with Gasteiger partial charge in [0.05, 0.1) is 11.9 Å². The number of carbonyl (C=O) groups excluding carboxylic acids is 1. The summed E-state index contributed by atoms with van der Waals surface area (Å²) in [5.74, 6) is -0.169. The van der Waals surface area contributed by atoms with Crippen LogP contribution < -0.4 is 10.2 Å². The number of aryl methyl sites for hydroxylation is 2. The average molecular weight is 450 g/mol. The van der Waals surface area contributed by atoms with Gasteiger partial charge in [0.25, 0.3) is 0 Å². The van der Waals surface area contributed by atoms with Crippen molar-refractivity contribution in [2.24, 2.45) is 5.92 Å². The zero-order chi connectivity index (χ0) is 22.2. The van der Waals surface area contributed by atoms with E-state index in [-0.39, 0.29) is 17.6 Å². The molecule has 0 bridgehead atoms. The van der Waals surface area contributed by atoms with E-state index in [1.54, 1.807) is 16.6 Å². The van der Waals surface area contributed by atoms with Gasteiger partial charge in [-0.1, -0.05) is 23.5 Å². The van der Waals surface area contributed by atoms with E-state index < -0.39 is 0 Å². The minimum Gasteiger partial charge on any atom is -0.347 e. The highest BCUT2D eigenvalue weighted by molar-refractivity contribution is 7.20. The van der Waals surface area contributed by atoms with Crippen LogP contribution in [0.4, 0.5) is 15.2 Å². The van der Waals surface area contributed by atoms with Gasteiger partial charge < -0.3 is 10.2 Å². The summed E-state index contributed by atoms with van der Waals surface area (Å²) in [6.45, 7) is 5.61. The maximum atomic E-state index is 13.2. The predicted octanol–water partition coefficient (Wildman–Crippen LogP) is 5.07. The standard InChI is InChI=1S/C24H24FN5OS/c1-15-3-4-16(2)20(13-15)26-22(31)18-9-11-29(12-10-18)24-28-30-14-21(27-23(30)32-24)17-5-7-19(25)8-6-17/h3-8,13-14,18H,9-12H2,1-2H3,(H,26,31). The molecule has 0 radical (unpaired) electrons. The van der Waals surface area contributed by atoms with E-state index in [2.05, 4.69) is 26.4 Å². The molecule has 5 rings (SSSR count). The second-order valence-electron chi connectivity index (χ2n) is 8.31. The molecule has 6 nitrogen and oxygen atoms in total. The third-order valence-corrected chi connectivity index (χ3v) is 6.94. The number of aromatic nitrogens is 3. The van der Waals surface area contributed by atoms with Crippen LogP contribution in [0.5, 0.6) is 0 Å². The third kappa shape index (κ3) is 4.10. The largest absolute Gasteiger partial charge is 0.347 e. The van der Waals surface area contributed by atoms with Crippen molar-refractivity contribution in [2.45, 2.75) is 26.7 Å². The highest BCUT2D eigenvalue weighted by atomic mass is 32.1. The summed E-state index contributed by atoms with van der Waals surface area (Å²) in [7, 11) is 0. The summed E-state index contributed by atoms with van der Waals surface area (Å²) in [4.78, 5) is 20.4. The van der Waals surface area contributed by atoms with Gasteiger partial charge in [-0.25, -0.2) is 13.9 Å². The quantitative estimate of drug-likeness (QED) is 0.473. The highest BCUT2D eigenvalue weighted by Gasteiger charge is 2.27. The number of anilines is 2. The van der Waals surface area contributed by atoms with Crippen LogP contribution >= 0.6 is 11.3 Å². The Bertz CT molecular complexity index is 1240. The van der Waals surface area contributed by atoms with Crippen LogP contribution in [0.1, 0.15) is 24.0 Å². The maximum absolute atomic E-state index is 13.2. The molecule has 0 spiro atoms. The molecule has 0 saturated carbocycles. The normalized spacial score (nSPS) is 14.8. The van der Waals surface area contributed by atoms with E-state index in [4.69, 9.17) is 0 Å². The molecule has 1 aliphatic heterocycles. The number of carbonyl (C=O) groups is 1. The molecule has 3 heterocycles. The van der Waals surface area contributed by atoms with E-state index >= 15 is 0 Å². The van der Waals surface area contributed by atoms with Gasteiger partial charge in [0.1, 0.15) is 5.82 Å². The number of nitrogens with one attached hydrogen (secondary N) is 1. The molecule has 1 amide bonds. The van der Waals surface area contributed by atoms with Crippen LogP contribution in [0, 0.1) is 25.6 Å². The number of hydrogen-bond acceptors (Lipinski definition) is 5. The van der Waals surface area contributed by atoms with Crippen LogP contribution in [-0.2, 0) is 4.79 Å². The smallest absolute Gasteiger partial charge is 0.227 e. The van der Waals surface area contributed by atoms with Gasteiger partial charge in [0.2, 0.25) is 16.0 Å². The Hall–Kier alpha value is -3.26. The lowest BCUT2D eigenvalue weighted by Crippen LogP contribution is -2.38. The van der Waals surface area contributed by atoms with Crippen molar-refractivity contribution in [1.29, 1.82) is 0 Å². The van der Waals surface area contributed by atoms with E-state index in [9.17, 15) is 9.18 Å². The van der Waals surface area contributed by atoms with Gasteiger partial charge in [-0.2, -0.15) is 0 Å². The van der Waals surface area contributed by atoms with Gasteiger partial charge in [-0.15, -0.1) is 5.10 Å². The van der Waals surface area contributed by atoms with Gasteiger partial charge in [-0.3, -0.25) is 4.79 Å². The number of nitrogens with zero attached hydrogens (tertiary/aromatic N) is 4. The Kier molecular flexibility index (Phi) is 5.38. The lowest BCUT2D eigenvalue weighted by molar-refractivity contribution is -0.120. The van der Waals surface area contributed by atoms with Gasteiger partial charge >= 0.3 is 0 Å². The zero-order valence-electron chi connectivity index (χ0n) is 18.0. The van der Waals surface area contributed by atoms with Crippen LogP contribution in [0.2, 0.25) is 0 Å². The molecule has 0 unspecified atom stereocenters. The van der Waals surface area contributed by atoms with E-state index in [0.29, 0.717) is 0 Å². The average Bonchev–Trinajstić information content (AvgIpc) is 3.36. The first-order valence-electron chi connectivity index (χ1n) is 10.7. The predicted molar refractivity (Wildman–Crippen MR) is 126 cm³/mol. The fraction of sp³-hybridized carbons (Fsp3) is 0.292. The van der Waals surface area contributed by atoms with Crippen LogP contribution in [0.3, 0.4) is 0 Å². The third-order valence-electron chi connectivity index (χ3n) is 5.96. The Morgan fingerprint density at radius 3 is 2.59 bits per heavy atom. The first-order valence-corrected chi connectivity index (χ1v) is 11.5. The number of fused-ring (bicyclic) bond motifs is 1. The fourth-order valence-corrected chi connectivity index (χ4v) is 4.95. The van der Waals surface area contributed by atoms with Crippen molar-refractivity contribution < 1.29 is 9.18 Å². The number of hydrogen-bond donors (Lipinski definition) is 1. The Balaban J connectivity index is 1.23. The van der Waals surface area contributed by atoms with E-state index in [1.807, 2.05) is 32.2 Å². The monoisotopic (exact) mass is 449 g/mol. The lowest BCUT2D eigenvalue weighted by Gasteiger charge is -2.30. The molecule has 8 heteroatoms. The molecular formula is C24H24FN5OS. The number of halogens is 1. The van der Waals surface area contributed by atoms with Crippen molar-refractivity contribution in [3.05, 3.63) is 65.6 Å². The first kappa shape index (κ1) is 20.6. The van der Waals surface area contributed by atoms with Crippen molar-refractivity contribution in [3.8, 4) is 11.3 Å². The molecule has 1 saturated heterocycles. The minimum atomic E-state index is -0.263. The fourth-order valence-electron chi connectivity index (χ4n) is 4.02. The molecular weight excluding hydrogens is 425 g/mol. The van der Waals surface area contributed by atoms with Crippen LogP contribution in [0.15, 0.2) is 48.7 Å². The summed E-state index contributed by atoms with van der Waals surface area (Å²) in [6.07, 6.45) is 3.45. The molecule has 2 aromatic carbocycles. The van der Waals surface area contributed by atoms with Crippen LogP contribution in [0.25, 0.3) is 16.2 Å². The Labute approximate surface area is 189 Å². The van der Waals surface area contributed by atoms with Crippen molar-refractivity contribution in [3.63, 3.8) is 0 Å². The topological polar surface area (TPSA) is 62.5 Å². The number of imidazole rings is 1. The molecule has 1 N–H and O–H groups in total. The highest BCUT2D eigenvalue weighted by Crippen LogP contribution is 2.30. The summed E-state index contributed by atoms with van der Waals surface area (Å²) in [5.41, 5.74) is 4.75. The summed E-state index contributed by atoms with van der Waals surface area (Å²) >= 11 is 1.53. The van der Waals surface area contributed by atoms with Crippen molar-refractivity contribution in [1.82, 2.24) is 14.6 Å². The molecule has 2 aromatic heterocycles. The molecule has 4 aromatic rings. The minimum absolute atomic E-state index is 0.000265. The van der Waals surface area contributed by atoms with Crippen molar-refractivity contribution >= 4 is 33.0 Å². The summed E-state index contributed by atoms with van der Waals surface area (Å²) in [6, 6.07) is 12.4. The summed E-state index contributed by atoms with van der Waals surface area (Å²) < 4.78 is 14.9. The molecule has 0 atom stereocenters. The molecule has 1 aliphatic rings.